The minimum Gasteiger partial charge on any atom is -0.494 e. The first-order valence-corrected chi connectivity index (χ1v) is 9.23. The van der Waals surface area contributed by atoms with Crippen LogP contribution in [0.2, 0.25) is 0 Å². The van der Waals surface area contributed by atoms with Crippen LogP contribution in [0.25, 0.3) is 11.0 Å². The first kappa shape index (κ1) is 20.1. The predicted octanol–water partition coefficient (Wildman–Crippen LogP) is 4.16. The van der Waals surface area contributed by atoms with E-state index in [0.717, 1.165) is 0 Å². The predicted molar refractivity (Wildman–Crippen MR) is 101 cm³/mol. The average molecular weight is 409 g/mol. The van der Waals surface area contributed by atoms with Crippen molar-refractivity contribution in [3.05, 3.63) is 53.8 Å². The Morgan fingerprint density at radius 3 is 2.71 bits per heavy atom. The number of ether oxygens (including phenoxy) is 1. The Balaban J connectivity index is 1.79. The normalized spacial score (nSPS) is 11.2. The van der Waals surface area contributed by atoms with Gasteiger partial charge in [0.2, 0.25) is 5.91 Å². The third-order valence-corrected chi connectivity index (χ3v) is 4.87. The second-order valence-corrected chi connectivity index (χ2v) is 7.02. The Hall–Kier alpha value is -2.68. The van der Waals surface area contributed by atoms with Crippen LogP contribution in [0.1, 0.15) is 5.56 Å². The number of likely N-dealkylation sites (N-methyl/N-ethyl adjacent to an activating group) is 1. The zero-order valence-corrected chi connectivity index (χ0v) is 16.0. The van der Waals surface area contributed by atoms with E-state index in [1.54, 1.807) is 37.4 Å². The number of hydrogen-bond donors (Lipinski definition) is 0. The largest absolute Gasteiger partial charge is 0.494 e. The summed E-state index contributed by atoms with van der Waals surface area (Å²) >= 11 is 0.299. The lowest BCUT2D eigenvalue weighted by atomic mass is 10.2. The van der Waals surface area contributed by atoms with Crippen LogP contribution in [0.4, 0.5) is 13.2 Å². The van der Waals surface area contributed by atoms with Gasteiger partial charge >= 0.3 is 0 Å². The van der Waals surface area contributed by atoms with Crippen molar-refractivity contribution in [3.63, 3.8) is 0 Å². The van der Waals surface area contributed by atoms with E-state index in [4.69, 9.17) is 4.74 Å². The molecule has 2 aromatic carbocycles. The molecule has 0 aliphatic heterocycles. The number of thioether (sulfide) groups is 1. The molecule has 0 atom stereocenters. The van der Waals surface area contributed by atoms with E-state index < -0.39 is 11.6 Å². The highest BCUT2D eigenvalue weighted by molar-refractivity contribution is 7.99. The van der Waals surface area contributed by atoms with Gasteiger partial charge in [-0.15, -0.1) is 0 Å². The van der Waals surface area contributed by atoms with Crippen molar-refractivity contribution in [3.8, 4) is 5.75 Å². The van der Waals surface area contributed by atoms with Gasteiger partial charge in [0.05, 0.1) is 18.1 Å². The third-order valence-electron chi connectivity index (χ3n) is 4.17. The van der Waals surface area contributed by atoms with E-state index in [0.29, 0.717) is 28.4 Å². The molecule has 0 aliphatic carbocycles. The lowest BCUT2D eigenvalue weighted by molar-refractivity contribution is -0.131. The number of halogens is 3. The summed E-state index contributed by atoms with van der Waals surface area (Å²) in [6.45, 7) is 0.0222. The number of aromatic nitrogens is 2. The van der Waals surface area contributed by atoms with Crippen molar-refractivity contribution < 1.29 is 22.7 Å². The Morgan fingerprint density at radius 1 is 1.29 bits per heavy atom. The Morgan fingerprint density at radius 2 is 2.04 bits per heavy atom. The second kappa shape index (κ2) is 8.55. The van der Waals surface area contributed by atoms with Gasteiger partial charge in [-0.2, -0.15) is 8.78 Å². The first-order valence-electron chi connectivity index (χ1n) is 8.35. The number of nitrogens with zero attached hydrogens (tertiary/aromatic N) is 3. The third kappa shape index (κ3) is 4.41. The number of hydrogen-bond acceptors (Lipinski definition) is 4. The van der Waals surface area contributed by atoms with Crippen molar-refractivity contribution in [2.45, 2.75) is 24.0 Å². The van der Waals surface area contributed by atoms with E-state index in [2.05, 4.69) is 4.98 Å². The maximum absolute atomic E-state index is 13.8. The van der Waals surface area contributed by atoms with Crippen molar-refractivity contribution in [1.82, 2.24) is 14.5 Å². The molecular weight excluding hydrogens is 391 g/mol. The molecule has 28 heavy (non-hydrogen) atoms. The Bertz CT molecular complexity index is 994. The summed E-state index contributed by atoms with van der Waals surface area (Å²) in [6.07, 6.45) is 0. The molecule has 1 aromatic heterocycles. The van der Waals surface area contributed by atoms with Gasteiger partial charge in [-0.1, -0.05) is 18.2 Å². The SMILES string of the molecule is COc1ccc(CN(C)C(=O)Cn2c(SC(F)F)nc3ccccc32)cc1F. The summed E-state index contributed by atoms with van der Waals surface area (Å²) < 4.78 is 46.0. The molecule has 0 bridgehead atoms. The summed E-state index contributed by atoms with van der Waals surface area (Å²) in [4.78, 5) is 18.3. The number of benzene rings is 2. The molecule has 0 aliphatic rings. The number of imidazole rings is 1. The van der Waals surface area contributed by atoms with Crippen LogP contribution in [0.5, 0.6) is 5.75 Å². The monoisotopic (exact) mass is 409 g/mol. The molecule has 0 radical (unpaired) electrons. The van der Waals surface area contributed by atoms with Crippen LogP contribution in [-0.2, 0) is 17.9 Å². The number of alkyl halides is 2. The van der Waals surface area contributed by atoms with Crippen molar-refractivity contribution in [1.29, 1.82) is 0 Å². The maximum atomic E-state index is 13.8. The number of carbonyl (C=O) groups is 1. The van der Waals surface area contributed by atoms with E-state index in [-0.39, 0.29) is 29.9 Å². The Labute approximate surface area is 164 Å². The van der Waals surface area contributed by atoms with Crippen LogP contribution in [-0.4, -0.2) is 40.3 Å². The van der Waals surface area contributed by atoms with Crippen molar-refractivity contribution in [2.75, 3.05) is 14.2 Å². The minimum atomic E-state index is -2.65. The summed E-state index contributed by atoms with van der Waals surface area (Å²) in [5.41, 5.74) is 1.73. The van der Waals surface area contributed by atoms with Crippen LogP contribution in [0.15, 0.2) is 47.6 Å². The highest BCUT2D eigenvalue weighted by atomic mass is 32.2. The molecular formula is C19H18F3N3O2S. The fourth-order valence-electron chi connectivity index (χ4n) is 2.80. The van der Waals surface area contributed by atoms with Crippen molar-refractivity contribution in [2.24, 2.45) is 0 Å². The minimum absolute atomic E-state index is 0.0773. The number of methoxy groups -OCH3 is 1. The lowest BCUT2D eigenvalue weighted by Crippen LogP contribution is -2.30. The molecule has 1 amide bonds. The summed E-state index contributed by atoms with van der Waals surface area (Å²) in [5.74, 6) is -3.35. The molecule has 0 unspecified atom stereocenters. The summed E-state index contributed by atoms with van der Waals surface area (Å²) in [5, 5.41) is 0.0773. The van der Waals surface area contributed by atoms with Crippen molar-refractivity contribution >= 4 is 28.7 Å². The molecule has 0 saturated carbocycles. The molecule has 3 rings (SSSR count). The average Bonchev–Trinajstić information content (AvgIpc) is 2.98. The maximum Gasteiger partial charge on any atom is 0.291 e. The van der Waals surface area contributed by atoms with Crippen LogP contribution in [0, 0.1) is 5.82 Å². The zero-order valence-electron chi connectivity index (χ0n) is 15.2. The van der Waals surface area contributed by atoms with Crippen LogP contribution >= 0.6 is 11.8 Å². The smallest absolute Gasteiger partial charge is 0.291 e. The highest BCUT2D eigenvalue weighted by Crippen LogP contribution is 2.28. The quantitative estimate of drug-likeness (QED) is 0.550. The number of para-hydroxylation sites is 2. The standard InChI is InChI=1S/C19H18F3N3O2S/c1-24(10-12-7-8-16(27-2)13(20)9-12)17(26)11-25-15-6-4-3-5-14(15)23-19(25)28-18(21)22/h3-9,18H,10-11H2,1-2H3. The number of amides is 1. The highest BCUT2D eigenvalue weighted by Gasteiger charge is 2.19. The molecule has 0 saturated heterocycles. The van der Waals surface area contributed by atoms with Gasteiger partial charge in [0, 0.05) is 13.6 Å². The summed E-state index contributed by atoms with van der Waals surface area (Å²) in [6, 6.07) is 11.4. The molecule has 1 heterocycles. The summed E-state index contributed by atoms with van der Waals surface area (Å²) in [7, 11) is 2.95. The van der Waals surface area contributed by atoms with Crippen LogP contribution < -0.4 is 4.74 Å². The van der Waals surface area contributed by atoms with Crippen LogP contribution in [0.3, 0.4) is 0 Å². The van der Waals surface area contributed by atoms with E-state index in [9.17, 15) is 18.0 Å². The fraction of sp³-hybridized carbons (Fsp3) is 0.263. The van der Waals surface area contributed by atoms with Gasteiger partial charge in [-0.3, -0.25) is 4.79 Å². The molecule has 3 aromatic rings. The molecule has 0 spiro atoms. The fourth-order valence-corrected chi connectivity index (χ4v) is 3.40. The number of rotatable bonds is 7. The van der Waals surface area contributed by atoms with Gasteiger partial charge in [0.15, 0.2) is 16.7 Å². The second-order valence-electron chi connectivity index (χ2n) is 6.07. The molecule has 148 valence electrons. The van der Waals surface area contributed by atoms with E-state index >= 15 is 0 Å². The molecule has 9 heteroatoms. The number of carbonyl (C=O) groups excluding carboxylic acids is 1. The molecule has 0 fully saturated rings. The van der Waals surface area contributed by atoms with Gasteiger partial charge < -0.3 is 14.2 Å². The van der Waals surface area contributed by atoms with E-state index in [1.807, 2.05) is 0 Å². The van der Waals surface area contributed by atoms with Gasteiger partial charge in [0.25, 0.3) is 5.76 Å². The first-order chi connectivity index (χ1) is 13.4. The van der Waals surface area contributed by atoms with Gasteiger partial charge in [-0.25, -0.2) is 9.37 Å². The zero-order chi connectivity index (χ0) is 20.3. The lowest BCUT2D eigenvalue weighted by Gasteiger charge is -2.19. The number of fused-ring (bicyclic) bond motifs is 1. The van der Waals surface area contributed by atoms with Gasteiger partial charge in [-0.05, 0) is 41.6 Å². The van der Waals surface area contributed by atoms with E-state index in [1.165, 1.54) is 28.7 Å². The Kier molecular flexibility index (Phi) is 6.13. The molecule has 5 nitrogen and oxygen atoms in total. The molecule has 0 N–H and O–H groups in total. The van der Waals surface area contributed by atoms with Gasteiger partial charge in [0.1, 0.15) is 6.54 Å². The topological polar surface area (TPSA) is 47.4 Å².